The lowest BCUT2D eigenvalue weighted by Gasteiger charge is -2.36. The predicted molar refractivity (Wildman–Crippen MR) is 173 cm³/mol. The third-order valence-corrected chi connectivity index (χ3v) is 7.07. The molecule has 0 saturated carbocycles. The standard InChI is InChI=1S/C33H47FN6O4/c1-27(36-2)37-13-3-14-38-33(41)30-8-11-32(29(26-30)7-4-28-5-9-31(34)10-6-28)40-17-15-39(16-18-40)19-21-43-23-25-44-24-22-42-20-12-35/h5-6,8-11,26H,3,12-25,35H2,1-2H3,(H,36,37)(H,38,41). The Bertz CT molecular complexity index is 1220. The number of aliphatic imine (C=N–C) groups is 1. The zero-order chi connectivity index (χ0) is 31.4. The van der Waals surface area contributed by atoms with Gasteiger partial charge in [-0.25, -0.2) is 4.39 Å². The van der Waals surface area contributed by atoms with Crippen LogP contribution in [0.15, 0.2) is 47.5 Å². The highest BCUT2D eigenvalue weighted by Crippen LogP contribution is 2.23. The molecule has 0 aliphatic carbocycles. The molecule has 0 atom stereocenters. The van der Waals surface area contributed by atoms with Crippen molar-refractivity contribution in [2.24, 2.45) is 10.7 Å². The Balaban J connectivity index is 1.53. The summed E-state index contributed by atoms with van der Waals surface area (Å²) in [5.74, 6) is 6.81. The Morgan fingerprint density at radius 3 is 2.25 bits per heavy atom. The van der Waals surface area contributed by atoms with Gasteiger partial charge in [0.2, 0.25) is 0 Å². The van der Waals surface area contributed by atoms with Crippen LogP contribution in [0.2, 0.25) is 0 Å². The number of hydrogen-bond donors (Lipinski definition) is 3. The molecule has 0 unspecified atom stereocenters. The molecule has 1 heterocycles. The number of carbonyl (C=O) groups excluding carboxylic acids is 1. The van der Waals surface area contributed by atoms with Gasteiger partial charge in [-0.05, 0) is 55.8 Å². The molecule has 0 bridgehead atoms. The number of nitrogens with two attached hydrogens (primary N) is 1. The molecular formula is C33H47FN6O4. The molecule has 4 N–H and O–H groups in total. The smallest absolute Gasteiger partial charge is 0.251 e. The Kier molecular flexibility index (Phi) is 16.2. The van der Waals surface area contributed by atoms with E-state index < -0.39 is 0 Å². The quantitative estimate of drug-likeness (QED) is 0.108. The SMILES string of the molecule is CN=C(C)NCCCNC(=O)c1ccc(N2CCN(CCOCCOCCOCCN)CC2)c(C#Cc2ccc(F)cc2)c1. The summed E-state index contributed by atoms with van der Waals surface area (Å²) < 4.78 is 29.9. The van der Waals surface area contributed by atoms with E-state index in [0.717, 1.165) is 62.8 Å². The molecular weight excluding hydrogens is 563 g/mol. The molecule has 1 amide bonds. The van der Waals surface area contributed by atoms with Crippen LogP contribution < -0.4 is 21.3 Å². The summed E-state index contributed by atoms with van der Waals surface area (Å²) >= 11 is 0. The number of anilines is 1. The summed E-state index contributed by atoms with van der Waals surface area (Å²) in [6.07, 6.45) is 0.780. The number of nitrogens with zero attached hydrogens (tertiary/aromatic N) is 3. The summed E-state index contributed by atoms with van der Waals surface area (Å²) in [7, 11) is 1.74. The van der Waals surface area contributed by atoms with Crippen LogP contribution in [0.1, 0.15) is 34.8 Å². The van der Waals surface area contributed by atoms with Crippen molar-refractivity contribution in [3.05, 3.63) is 65.0 Å². The van der Waals surface area contributed by atoms with Crippen LogP contribution in [-0.2, 0) is 14.2 Å². The molecule has 1 saturated heterocycles. The number of halogens is 1. The van der Waals surface area contributed by atoms with Crippen molar-refractivity contribution in [3.8, 4) is 11.8 Å². The highest BCUT2D eigenvalue weighted by molar-refractivity contribution is 5.95. The van der Waals surface area contributed by atoms with Crippen molar-refractivity contribution in [1.29, 1.82) is 0 Å². The Hall–Kier alpha value is -3.53. The fraction of sp³-hybridized carbons (Fsp3) is 0.515. The molecule has 240 valence electrons. The minimum Gasteiger partial charge on any atom is -0.378 e. The number of carbonyl (C=O) groups is 1. The predicted octanol–water partition coefficient (Wildman–Crippen LogP) is 2.11. The number of piperazine rings is 1. The fourth-order valence-electron chi connectivity index (χ4n) is 4.50. The largest absolute Gasteiger partial charge is 0.378 e. The fourth-order valence-corrected chi connectivity index (χ4v) is 4.50. The second-order valence-electron chi connectivity index (χ2n) is 10.3. The molecule has 2 aromatic carbocycles. The average molecular weight is 611 g/mol. The summed E-state index contributed by atoms with van der Waals surface area (Å²) in [5.41, 5.74) is 8.40. The molecule has 1 aliphatic heterocycles. The van der Waals surface area contributed by atoms with E-state index >= 15 is 0 Å². The molecule has 1 aliphatic rings. The highest BCUT2D eigenvalue weighted by atomic mass is 19.1. The summed E-state index contributed by atoms with van der Waals surface area (Å²) in [5, 5.41) is 6.19. The van der Waals surface area contributed by atoms with E-state index in [0.29, 0.717) is 63.9 Å². The topological polar surface area (TPSA) is 114 Å². The third kappa shape index (κ3) is 13.0. The minimum absolute atomic E-state index is 0.141. The molecule has 0 radical (unpaired) electrons. The van der Waals surface area contributed by atoms with Crippen LogP contribution in [0.5, 0.6) is 0 Å². The van der Waals surface area contributed by atoms with E-state index in [4.69, 9.17) is 19.9 Å². The Labute approximate surface area is 261 Å². The van der Waals surface area contributed by atoms with Gasteiger partial charge in [0.15, 0.2) is 0 Å². The first-order chi connectivity index (χ1) is 21.5. The van der Waals surface area contributed by atoms with Crippen molar-refractivity contribution >= 4 is 17.4 Å². The summed E-state index contributed by atoms with van der Waals surface area (Å²) in [6, 6.07) is 11.8. The number of benzene rings is 2. The lowest BCUT2D eigenvalue weighted by Crippen LogP contribution is -2.47. The van der Waals surface area contributed by atoms with Gasteiger partial charge in [-0.2, -0.15) is 0 Å². The van der Waals surface area contributed by atoms with Crippen LogP contribution in [0.3, 0.4) is 0 Å². The van der Waals surface area contributed by atoms with E-state index in [1.807, 2.05) is 25.1 Å². The highest BCUT2D eigenvalue weighted by Gasteiger charge is 2.20. The second-order valence-corrected chi connectivity index (χ2v) is 10.3. The van der Waals surface area contributed by atoms with Crippen molar-refractivity contribution in [2.45, 2.75) is 13.3 Å². The summed E-state index contributed by atoms with van der Waals surface area (Å²) in [4.78, 5) is 21.7. The monoisotopic (exact) mass is 610 g/mol. The van der Waals surface area contributed by atoms with Crippen LogP contribution in [0.4, 0.5) is 10.1 Å². The van der Waals surface area contributed by atoms with Crippen LogP contribution in [0, 0.1) is 17.7 Å². The molecule has 10 nitrogen and oxygen atoms in total. The Morgan fingerprint density at radius 2 is 1.57 bits per heavy atom. The van der Waals surface area contributed by atoms with Crippen LogP contribution in [0.25, 0.3) is 0 Å². The normalized spacial score (nSPS) is 13.8. The molecule has 2 aromatic rings. The maximum atomic E-state index is 13.4. The van der Waals surface area contributed by atoms with E-state index in [-0.39, 0.29) is 11.7 Å². The third-order valence-electron chi connectivity index (χ3n) is 7.07. The number of rotatable bonds is 17. The first-order valence-corrected chi connectivity index (χ1v) is 15.3. The van der Waals surface area contributed by atoms with Gasteiger partial charge >= 0.3 is 0 Å². The van der Waals surface area contributed by atoms with Gasteiger partial charge in [0.25, 0.3) is 5.91 Å². The van der Waals surface area contributed by atoms with Crippen molar-refractivity contribution in [2.75, 3.05) is 104 Å². The van der Waals surface area contributed by atoms with Gasteiger partial charge in [0.05, 0.1) is 51.2 Å². The number of nitrogens with one attached hydrogen (secondary N) is 2. The number of hydrogen-bond acceptors (Lipinski definition) is 8. The molecule has 0 aromatic heterocycles. The van der Waals surface area contributed by atoms with Crippen LogP contribution >= 0.6 is 0 Å². The maximum absolute atomic E-state index is 13.4. The lowest BCUT2D eigenvalue weighted by atomic mass is 10.1. The van der Waals surface area contributed by atoms with Crippen LogP contribution in [-0.4, -0.2) is 116 Å². The van der Waals surface area contributed by atoms with Crippen molar-refractivity contribution in [1.82, 2.24) is 15.5 Å². The zero-order valence-corrected chi connectivity index (χ0v) is 26.1. The molecule has 11 heteroatoms. The number of amides is 1. The first kappa shape index (κ1) is 35.0. The van der Waals surface area contributed by atoms with E-state index in [1.54, 1.807) is 19.2 Å². The molecule has 1 fully saturated rings. The maximum Gasteiger partial charge on any atom is 0.251 e. The van der Waals surface area contributed by atoms with E-state index in [2.05, 4.69) is 37.3 Å². The van der Waals surface area contributed by atoms with Crippen molar-refractivity contribution in [3.63, 3.8) is 0 Å². The van der Waals surface area contributed by atoms with Gasteiger partial charge < -0.3 is 35.5 Å². The van der Waals surface area contributed by atoms with E-state index in [1.165, 1.54) is 12.1 Å². The second kappa shape index (κ2) is 20.4. The van der Waals surface area contributed by atoms with Gasteiger partial charge in [0, 0.05) is 76.1 Å². The zero-order valence-electron chi connectivity index (χ0n) is 26.1. The molecule has 3 rings (SSSR count). The minimum atomic E-state index is -0.303. The lowest BCUT2D eigenvalue weighted by molar-refractivity contribution is 0.0116. The van der Waals surface area contributed by atoms with Crippen molar-refractivity contribution < 1.29 is 23.4 Å². The summed E-state index contributed by atoms with van der Waals surface area (Å²) in [6.45, 7) is 11.4. The van der Waals surface area contributed by atoms with Gasteiger partial charge in [0.1, 0.15) is 5.82 Å². The number of amidine groups is 1. The van der Waals surface area contributed by atoms with Gasteiger partial charge in [-0.15, -0.1) is 0 Å². The first-order valence-electron chi connectivity index (χ1n) is 15.3. The Morgan fingerprint density at radius 1 is 0.909 bits per heavy atom. The molecule has 44 heavy (non-hydrogen) atoms. The average Bonchev–Trinajstić information content (AvgIpc) is 3.05. The van der Waals surface area contributed by atoms with Gasteiger partial charge in [-0.1, -0.05) is 11.8 Å². The number of ether oxygens (including phenoxy) is 3. The van der Waals surface area contributed by atoms with E-state index in [9.17, 15) is 9.18 Å². The molecule has 0 spiro atoms. The van der Waals surface area contributed by atoms with Gasteiger partial charge in [-0.3, -0.25) is 14.7 Å².